The molecule has 0 aliphatic heterocycles. The normalized spacial score (nSPS) is 12.6. The number of carbonyl (C=O) groups excluding carboxylic acids is 1. The van der Waals surface area contributed by atoms with Gasteiger partial charge in [-0.05, 0) is 62.0 Å². The van der Waals surface area contributed by atoms with Gasteiger partial charge in [0.05, 0.1) is 20.3 Å². The van der Waals surface area contributed by atoms with E-state index in [0.717, 1.165) is 18.4 Å². The van der Waals surface area contributed by atoms with Crippen LogP contribution in [0.15, 0.2) is 42.5 Å². The number of carboxylic acid groups (broad SMARTS) is 1. The van der Waals surface area contributed by atoms with Gasteiger partial charge in [0.25, 0.3) is 5.91 Å². The molecule has 0 radical (unpaired) electrons. The molecule has 38 heavy (non-hydrogen) atoms. The summed E-state index contributed by atoms with van der Waals surface area (Å²) < 4.78 is 17.7. The van der Waals surface area contributed by atoms with Gasteiger partial charge in [-0.3, -0.25) is 9.59 Å². The van der Waals surface area contributed by atoms with E-state index in [1.807, 2.05) is 25.1 Å². The summed E-state index contributed by atoms with van der Waals surface area (Å²) in [6.07, 6.45) is 1.53. The van der Waals surface area contributed by atoms with Crippen LogP contribution in [0.3, 0.4) is 0 Å². The molecular formula is C30H45NO6Si. The zero-order valence-electron chi connectivity index (χ0n) is 24.3. The van der Waals surface area contributed by atoms with Gasteiger partial charge in [-0.1, -0.05) is 51.1 Å². The Kier molecular flexibility index (Phi) is 11.4. The predicted molar refractivity (Wildman–Crippen MR) is 154 cm³/mol. The molecular weight excluding hydrogens is 498 g/mol. The van der Waals surface area contributed by atoms with Crippen LogP contribution in [-0.4, -0.2) is 63.6 Å². The second kappa shape index (κ2) is 13.8. The van der Waals surface area contributed by atoms with E-state index in [9.17, 15) is 14.7 Å². The molecule has 0 aliphatic carbocycles. The summed E-state index contributed by atoms with van der Waals surface area (Å²) in [6, 6.07) is 13.7. The molecule has 2 rings (SSSR count). The minimum atomic E-state index is -2.21. The van der Waals surface area contributed by atoms with E-state index in [1.54, 1.807) is 31.3 Å². The molecule has 0 bridgehead atoms. The second-order valence-electron chi connectivity index (χ2n) is 11.3. The standard InChI is InChI=1S/C30H45NO6Si/c1-22-26(35-5)19-24(20-27(22)36-6)29(34)31(18-12-15-23-13-10-9-11-14-23)21-25(16-17-28(32)33)37-38(7,8)30(2,3)4/h9-11,13-14,19-20,25H,12,15-18,21H2,1-8H3,(H,32,33). The Labute approximate surface area is 229 Å². The van der Waals surface area contributed by atoms with Crippen molar-refractivity contribution in [1.82, 2.24) is 4.90 Å². The first-order valence-corrected chi connectivity index (χ1v) is 16.1. The van der Waals surface area contributed by atoms with Crippen molar-refractivity contribution in [2.45, 2.75) is 77.6 Å². The SMILES string of the molecule is COc1cc(C(=O)N(CCCc2ccccc2)CC(CCC(=O)O)O[Si](C)(C)C(C)(C)C)cc(OC)c1C. The number of methoxy groups -OCH3 is 2. The average molecular weight is 544 g/mol. The first-order chi connectivity index (χ1) is 17.8. The summed E-state index contributed by atoms with van der Waals surface area (Å²) in [4.78, 5) is 27.2. The molecule has 0 spiro atoms. The fourth-order valence-electron chi connectivity index (χ4n) is 4.10. The Bertz CT molecular complexity index is 1040. The maximum Gasteiger partial charge on any atom is 0.303 e. The lowest BCUT2D eigenvalue weighted by molar-refractivity contribution is -0.137. The van der Waals surface area contributed by atoms with E-state index in [0.29, 0.717) is 36.6 Å². The van der Waals surface area contributed by atoms with Crippen LogP contribution in [0.1, 0.15) is 61.5 Å². The van der Waals surface area contributed by atoms with Gasteiger partial charge in [0, 0.05) is 30.6 Å². The molecule has 1 atom stereocenters. The van der Waals surface area contributed by atoms with Crippen molar-refractivity contribution in [2.24, 2.45) is 0 Å². The summed E-state index contributed by atoms with van der Waals surface area (Å²) in [5.41, 5.74) is 2.50. The van der Waals surface area contributed by atoms with Crippen LogP contribution in [0, 0.1) is 6.92 Å². The first kappa shape index (κ1) is 31.4. The highest BCUT2D eigenvalue weighted by Crippen LogP contribution is 2.38. The first-order valence-electron chi connectivity index (χ1n) is 13.2. The quantitative estimate of drug-likeness (QED) is 0.280. The summed E-state index contributed by atoms with van der Waals surface area (Å²) in [5.74, 6) is 0.131. The Hall–Kier alpha value is -2.84. The number of carbonyl (C=O) groups is 2. The third kappa shape index (κ3) is 8.87. The Morgan fingerprint density at radius 1 is 1.03 bits per heavy atom. The van der Waals surface area contributed by atoms with Crippen LogP contribution >= 0.6 is 0 Å². The van der Waals surface area contributed by atoms with Crippen LogP contribution in [0.5, 0.6) is 11.5 Å². The van der Waals surface area contributed by atoms with Gasteiger partial charge >= 0.3 is 5.97 Å². The number of nitrogens with zero attached hydrogens (tertiary/aromatic N) is 1. The second-order valence-corrected chi connectivity index (χ2v) is 16.0. The molecule has 0 aromatic heterocycles. The summed E-state index contributed by atoms with van der Waals surface area (Å²) >= 11 is 0. The predicted octanol–water partition coefficient (Wildman–Crippen LogP) is 6.34. The number of rotatable bonds is 14. The summed E-state index contributed by atoms with van der Waals surface area (Å²) in [6.45, 7) is 13.5. The third-order valence-corrected chi connectivity index (χ3v) is 11.9. The molecule has 0 heterocycles. The number of ether oxygens (including phenoxy) is 2. The summed E-state index contributed by atoms with van der Waals surface area (Å²) in [5, 5.41) is 9.35. The molecule has 210 valence electrons. The number of amides is 1. The fourth-order valence-corrected chi connectivity index (χ4v) is 5.48. The molecule has 0 saturated carbocycles. The smallest absolute Gasteiger partial charge is 0.303 e. The van der Waals surface area contributed by atoms with Crippen LogP contribution < -0.4 is 9.47 Å². The van der Waals surface area contributed by atoms with E-state index >= 15 is 0 Å². The van der Waals surface area contributed by atoms with E-state index in [-0.39, 0.29) is 23.5 Å². The van der Waals surface area contributed by atoms with Gasteiger partial charge in [0.15, 0.2) is 8.32 Å². The van der Waals surface area contributed by atoms with Crippen molar-refractivity contribution in [1.29, 1.82) is 0 Å². The lowest BCUT2D eigenvalue weighted by atomic mass is 10.1. The van der Waals surface area contributed by atoms with E-state index in [1.165, 1.54) is 5.56 Å². The van der Waals surface area contributed by atoms with Crippen molar-refractivity contribution in [3.63, 3.8) is 0 Å². The molecule has 0 saturated heterocycles. The van der Waals surface area contributed by atoms with Crippen molar-refractivity contribution in [3.8, 4) is 11.5 Å². The van der Waals surface area contributed by atoms with Crippen LogP contribution in [0.25, 0.3) is 0 Å². The van der Waals surface area contributed by atoms with Crippen molar-refractivity contribution in [2.75, 3.05) is 27.3 Å². The Balaban J connectivity index is 2.38. The van der Waals surface area contributed by atoms with Crippen LogP contribution in [0.2, 0.25) is 18.1 Å². The number of carboxylic acids is 1. The van der Waals surface area contributed by atoms with E-state index in [2.05, 4.69) is 46.0 Å². The van der Waals surface area contributed by atoms with Gasteiger partial charge in [-0.25, -0.2) is 0 Å². The Morgan fingerprint density at radius 3 is 2.11 bits per heavy atom. The molecule has 7 nitrogen and oxygen atoms in total. The third-order valence-electron chi connectivity index (χ3n) is 7.39. The highest BCUT2D eigenvalue weighted by Gasteiger charge is 2.39. The molecule has 1 N–H and O–H groups in total. The molecule has 0 fully saturated rings. The zero-order valence-corrected chi connectivity index (χ0v) is 25.3. The molecule has 0 aliphatic rings. The maximum atomic E-state index is 13.9. The lowest BCUT2D eigenvalue weighted by Crippen LogP contribution is -2.48. The van der Waals surface area contributed by atoms with Crippen molar-refractivity contribution in [3.05, 3.63) is 59.2 Å². The number of hydrogen-bond donors (Lipinski definition) is 1. The monoisotopic (exact) mass is 543 g/mol. The van der Waals surface area contributed by atoms with Gasteiger partial charge in [0.2, 0.25) is 0 Å². The zero-order chi connectivity index (χ0) is 28.5. The summed E-state index contributed by atoms with van der Waals surface area (Å²) in [7, 11) is 0.932. The highest BCUT2D eigenvalue weighted by molar-refractivity contribution is 6.74. The van der Waals surface area contributed by atoms with Crippen LogP contribution in [-0.2, 0) is 15.6 Å². The Morgan fingerprint density at radius 2 is 1.61 bits per heavy atom. The van der Waals surface area contributed by atoms with Crippen LogP contribution in [0.4, 0.5) is 0 Å². The highest BCUT2D eigenvalue weighted by atomic mass is 28.4. The minimum absolute atomic E-state index is 0.0164. The molecule has 2 aromatic carbocycles. The molecule has 1 unspecified atom stereocenters. The van der Waals surface area contributed by atoms with E-state index < -0.39 is 14.3 Å². The largest absolute Gasteiger partial charge is 0.496 e. The minimum Gasteiger partial charge on any atom is -0.496 e. The van der Waals surface area contributed by atoms with Gasteiger partial charge in [0.1, 0.15) is 11.5 Å². The van der Waals surface area contributed by atoms with E-state index in [4.69, 9.17) is 13.9 Å². The van der Waals surface area contributed by atoms with Crippen molar-refractivity contribution >= 4 is 20.2 Å². The average Bonchev–Trinajstić information content (AvgIpc) is 2.86. The van der Waals surface area contributed by atoms with Gasteiger partial charge in [-0.15, -0.1) is 0 Å². The molecule has 8 heteroatoms. The lowest BCUT2D eigenvalue weighted by Gasteiger charge is -2.40. The number of hydrogen-bond acceptors (Lipinski definition) is 5. The topological polar surface area (TPSA) is 85.3 Å². The maximum absolute atomic E-state index is 13.9. The number of aryl methyl sites for hydroxylation is 1. The van der Waals surface area contributed by atoms with Gasteiger partial charge < -0.3 is 23.9 Å². The number of benzene rings is 2. The number of aliphatic carboxylic acids is 1. The van der Waals surface area contributed by atoms with Gasteiger partial charge in [-0.2, -0.15) is 0 Å². The molecule has 2 aromatic rings. The molecule has 1 amide bonds. The van der Waals surface area contributed by atoms with Crippen molar-refractivity contribution < 1.29 is 28.6 Å². The fraction of sp³-hybridized carbons (Fsp3) is 0.533.